The number of amides is 1. The number of hydrogen-bond donors (Lipinski definition) is 1. The van der Waals surface area contributed by atoms with E-state index in [1.807, 2.05) is 18.2 Å². The van der Waals surface area contributed by atoms with Crippen LogP contribution < -0.4 is 0 Å². The van der Waals surface area contributed by atoms with E-state index >= 15 is 0 Å². The van der Waals surface area contributed by atoms with Gasteiger partial charge >= 0.3 is 5.97 Å². The Bertz CT molecular complexity index is 518. The van der Waals surface area contributed by atoms with Crippen LogP contribution in [0.1, 0.15) is 25.3 Å². The third-order valence-corrected chi connectivity index (χ3v) is 4.39. The van der Waals surface area contributed by atoms with Crippen molar-refractivity contribution < 1.29 is 14.7 Å². The number of aliphatic carboxylic acids is 1. The van der Waals surface area contributed by atoms with Crippen LogP contribution in [0.25, 0.3) is 0 Å². The van der Waals surface area contributed by atoms with Crippen molar-refractivity contribution in [3.8, 4) is 0 Å². The van der Waals surface area contributed by atoms with Gasteiger partial charge < -0.3 is 10.0 Å². The second-order valence-electron chi connectivity index (χ2n) is 6.02. The highest BCUT2D eigenvalue weighted by Gasteiger charge is 2.31. The molecule has 0 aromatic heterocycles. The lowest BCUT2D eigenvalue weighted by molar-refractivity contribution is -0.150. The fourth-order valence-corrected chi connectivity index (χ4v) is 2.89. The number of piperidine rings is 1. The molecule has 1 saturated heterocycles. The smallest absolute Gasteiger partial charge is 0.326 e. The summed E-state index contributed by atoms with van der Waals surface area (Å²) in [6.07, 6.45) is 1.80. The molecule has 2 unspecified atom stereocenters. The van der Waals surface area contributed by atoms with Gasteiger partial charge in [0.05, 0.1) is 5.92 Å². The van der Waals surface area contributed by atoms with Gasteiger partial charge in [0, 0.05) is 20.1 Å². The van der Waals surface area contributed by atoms with Gasteiger partial charge in [-0.05, 0) is 31.9 Å². The van der Waals surface area contributed by atoms with Gasteiger partial charge in [-0.25, -0.2) is 4.79 Å². The molecule has 2 atom stereocenters. The number of rotatable bonds is 5. The van der Waals surface area contributed by atoms with E-state index in [0.717, 1.165) is 25.9 Å². The monoisotopic (exact) mass is 304 g/mol. The van der Waals surface area contributed by atoms with Crippen molar-refractivity contribution in [1.29, 1.82) is 0 Å². The van der Waals surface area contributed by atoms with Crippen molar-refractivity contribution in [2.24, 2.45) is 5.92 Å². The van der Waals surface area contributed by atoms with E-state index < -0.39 is 12.0 Å². The molecule has 120 valence electrons. The minimum atomic E-state index is -0.965. The molecule has 1 aliphatic rings. The summed E-state index contributed by atoms with van der Waals surface area (Å²) in [6.45, 7) is 4.06. The number of nitrogens with zero attached hydrogens (tertiary/aromatic N) is 2. The molecule has 1 N–H and O–H groups in total. The maximum absolute atomic E-state index is 12.5. The lowest BCUT2D eigenvalue weighted by Gasteiger charge is -2.34. The number of carbonyl (C=O) groups excluding carboxylic acids is 1. The van der Waals surface area contributed by atoms with E-state index in [9.17, 15) is 9.59 Å². The molecule has 0 aliphatic carbocycles. The summed E-state index contributed by atoms with van der Waals surface area (Å²) in [7, 11) is 1.58. The average Bonchev–Trinajstić information content (AvgIpc) is 2.54. The topological polar surface area (TPSA) is 60.9 Å². The quantitative estimate of drug-likeness (QED) is 0.901. The predicted molar refractivity (Wildman–Crippen MR) is 84.3 cm³/mol. The highest BCUT2D eigenvalue weighted by Crippen LogP contribution is 2.21. The molecular formula is C17H24N2O3. The molecule has 2 rings (SSSR count). The van der Waals surface area contributed by atoms with Gasteiger partial charge in [0.25, 0.3) is 0 Å². The third-order valence-electron chi connectivity index (χ3n) is 4.39. The molecule has 1 heterocycles. The summed E-state index contributed by atoms with van der Waals surface area (Å²) in [5.74, 6) is -1.13. The largest absolute Gasteiger partial charge is 0.480 e. The van der Waals surface area contributed by atoms with Crippen molar-refractivity contribution in [1.82, 2.24) is 9.80 Å². The van der Waals surface area contributed by atoms with E-state index in [1.54, 1.807) is 14.0 Å². The first-order chi connectivity index (χ1) is 10.5. The number of likely N-dealkylation sites (N-methyl/N-ethyl adjacent to an activating group) is 1. The Balaban J connectivity index is 1.95. The first-order valence-electron chi connectivity index (χ1n) is 7.74. The Kier molecular flexibility index (Phi) is 5.55. The van der Waals surface area contributed by atoms with Crippen LogP contribution in [0, 0.1) is 5.92 Å². The third kappa shape index (κ3) is 4.07. The van der Waals surface area contributed by atoms with E-state index in [0.29, 0.717) is 6.54 Å². The maximum Gasteiger partial charge on any atom is 0.326 e. The Morgan fingerprint density at radius 1 is 1.36 bits per heavy atom. The number of carboxylic acid groups (broad SMARTS) is 1. The molecule has 0 bridgehead atoms. The normalized spacial score (nSPS) is 20.4. The summed E-state index contributed by atoms with van der Waals surface area (Å²) >= 11 is 0. The molecule has 22 heavy (non-hydrogen) atoms. The van der Waals surface area contributed by atoms with Crippen molar-refractivity contribution in [3.63, 3.8) is 0 Å². The Hall–Kier alpha value is -1.88. The Morgan fingerprint density at radius 3 is 2.68 bits per heavy atom. The van der Waals surface area contributed by atoms with Gasteiger partial charge in [-0.1, -0.05) is 30.3 Å². The van der Waals surface area contributed by atoms with Crippen molar-refractivity contribution >= 4 is 11.9 Å². The van der Waals surface area contributed by atoms with Gasteiger partial charge in [0.1, 0.15) is 6.04 Å². The fraction of sp³-hybridized carbons (Fsp3) is 0.529. The number of hydrogen-bond acceptors (Lipinski definition) is 3. The number of likely N-dealkylation sites (tertiary alicyclic amines) is 1. The Morgan fingerprint density at radius 2 is 2.05 bits per heavy atom. The molecule has 0 saturated carbocycles. The minimum Gasteiger partial charge on any atom is -0.480 e. The van der Waals surface area contributed by atoms with Crippen LogP contribution in [-0.4, -0.2) is 53.0 Å². The van der Waals surface area contributed by atoms with Crippen molar-refractivity contribution in [2.45, 2.75) is 32.4 Å². The molecule has 1 aliphatic heterocycles. The average molecular weight is 304 g/mol. The number of benzene rings is 1. The van der Waals surface area contributed by atoms with E-state index in [-0.39, 0.29) is 11.8 Å². The predicted octanol–water partition coefficient (Wildman–Crippen LogP) is 1.83. The number of carbonyl (C=O) groups is 2. The van der Waals surface area contributed by atoms with E-state index in [2.05, 4.69) is 17.0 Å². The van der Waals surface area contributed by atoms with Gasteiger partial charge in [0.15, 0.2) is 0 Å². The molecule has 5 nitrogen and oxygen atoms in total. The zero-order chi connectivity index (χ0) is 16.1. The highest BCUT2D eigenvalue weighted by atomic mass is 16.4. The minimum absolute atomic E-state index is 0.0624. The summed E-state index contributed by atoms with van der Waals surface area (Å²) in [6, 6.07) is 9.42. The zero-order valence-corrected chi connectivity index (χ0v) is 13.2. The standard InChI is InChI=1S/C17H24N2O3/c1-13(17(21)22)18(2)16(20)15-9-6-10-19(12-15)11-14-7-4-3-5-8-14/h3-5,7-8,13,15H,6,9-12H2,1-2H3,(H,21,22). The van der Waals surface area contributed by atoms with Crippen LogP contribution in [-0.2, 0) is 16.1 Å². The van der Waals surface area contributed by atoms with Crippen LogP contribution in [0.15, 0.2) is 30.3 Å². The van der Waals surface area contributed by atoms with E-state index in [4.69, 9.17) is 5.11 Å². The summed E-state index contributed by atoms with van der Waals surface area (Å²) in [5.41, 5.74) is 1.24. The van der Waals surface area contributed by atoms with Crippen LogP contribution in [0.2, 0.25) is 0 Å². The van der Waals surface area contributed by atoms with E-state index in [1.165, 1.54) is 10.5 Å². The molecular weight excluding hydrogens is 280 g/mol. The van der Waals surface area contributed by atoms with Gasteiger partial charge in [0.2, 0.25) is 5.91 Å². The van der Waals surface area contributed by atoms with Crippen LogP contribution in [0.3, 0.4) is 0 Å². The maximum atomic E-state index is 12.5. The van der Waals surface area contributed by atoms with Gasteiger partial charge in [-0.15, -0.1) is 0 Å². The SMILES string of the molecule is CC(C(=O)O)N(C)C(=O)C1CCCN(Cc2ccccc2)C1. The summed E-state index contributed by atoms with van der Waals surface area (Å²) in [4.78, 5) is 27.1. The first-order valence-corrected chi connectivity index (χ1v) is 7.74. The Labute approximate surface area is 131 Å². The van der Waals surface area contributed by atoms with Crippen molar-refractivity contribution in [2.75, 3.05) is 20.1 Å². The summed E-state index contributed by atoms with van der Waals surface area (Å²) < 4.78 is 0. The zero-order valence-electron chi connectivity index (χ0n) is 13.2. The fourth-order valence-electron chi connectivity index (χ4n) is 2.89. The lowest BCUT2D eigenvalue weighted by Crippen LogP contribution is -2.47. The van der Waals surface area contributed by atoms with Crippen LogP contribution in [0.5, 0.6) is 0 Å². The lowest BCUT2D eigenvalue weighted by atomic mass is 9.95. The second-order valence-corrected chi connectivity index (χ2v) is 6.02. The molecule has 0 spiro atoms. The molecule has 5 heteroatoms. The number of carboxylic acids is 1. The van der Waals surface area contributed by atoms with Crippen LogP contribution in [0.4, 0.5) is 0 Å². The first kappa shape index (κ1) is 16.5. The molecule has 1 amide bonds. The van der Waals surface area contributed by atoms with Crippen LogP contribution >= 0.6 is 0 Å². The second kappa shape index (κ2) is 7.40. The highest BCUT2D eigenvalue weighted by molar-refractivity contribution is 5.84. The van der Waals surface area contributed by atoms with Crippen molar-refractivity contribution in [3.05, 3.63) is 35.9 Å². The summed E-state index contributed by atoms with van der Waals surface area (Å²) in [5, 5.41) is 9.04. The molecule has 1 aromatic carbocycles. The van der Waals surface area contributed by atoms with Gasteiger partial charge in [-0.2, -0.15) is 0 Å². The molecule has 1 fully saturated rings. The molecule has 0 radical (unpaired) electrons. The molecule has 1 aromatic rings. The van der Waals surface area contributed by atoms with Gasteiger partial charge in [-0.3, -0.25) is 9.69 Å².